The summed E-state index contributed by atoms with van der Waals surface area (Å²) in [5.41, 5.74) is 3.30. The molecule has 1 aliphatic rings. The van der Waals surface area contributed by atoms with E-state index in [2.05, 4.69) is 34.1 Å². The molecule has 0 spiro atoms. The smallest absolute Gasteiger partial charge is 0.256 e. The molecular weight excluding hydrogens is 316 g/mol. The van der Waals surface area contributed by atoms with Gasteiger partial charge >= 0.3 is 0 Å². The van der Waals surface area contributed by atoms with Gasteiger partial charge in [-0.05, 0) is 39.7 Å². The lowest BCUT2D eigenvalue weighted by Gasteiger charge is -2.24. The minimum Gasteiger partial charge on any atom is -0.331 e. The molecule has 25 heavy (non-hydrogen) atoms. The highest BCUT2D eigenvalue weighted by molar-refractivity contribution is 5.98. The Morgan fingerprint density at radius 3 is 2.92 bits per heavy atom. The van der Waals surface area contributed by atoms with Crippen LogP contribution in [0.15, 0.2) is 24.7 Å². The van der Waals surface area contributed by atoms with Gasteiger partial charge in [-0.1, -0.05) is 0 Å². The van der Waals surface area contributed by atoms with Crippen molar-refractivity contribution in [3.05, 3.63) is 41.5 Å². The molecule has 1 unspecified atom stereocenters. The molecule has 1 saturated heterocycles. The maximum Gasteiger partial charge on any atom is 0.256 e. The Labute approximate surface area is 146 Å². The van der Waals surface area contributed by atoms with E-state index in [1.54, 1.807) is 12.4 Å². The Bertz CT molecular complexity index is 911. The number of H-pyrrole nitrogens is 1. The normalized spacial score (nSPS) is 17.8. The van der Waals surface area contributed by atoms with Gasteiger partial charge in [-0.15, -0.1) is 0 Å². The van der Waals surface area contributed by atoms with Gasteiger partial charge in [0, 0.05) is 29.7 Å². The Hall–Kier alpha value is -2.70. The van der Waals surface area contributed by atoms with Gasteiger partial charge in [0.1, 0.15) is 0 Å². The lowest BCUT2D eigenvalue weighted by Crippen LogP contribution is -2.31. The van der Waals surface area contributed by atoms with Crippen molar-refractivity contribution in [1.82, 2.24) is 29.9 Å². The molecule has 7 nitrogen and oxygen atoms in total. The molecule has 1 fully saturated rings. The monoisotopic (exact) mass is 338 g/mol. The number of amides is 1. The number of aryl methyl sites for hydroxylation is 1. The lowest BCUT2D eigenvalue weighted by atomic mass is 10.1. The molecule has 0 aliphatic carbocycles. The SMILES string of the molecule is Cc1nc2c(cnn2C(C)C)cc1C(=O)N1CCCC1c1cn[nH]c1. The van der Waals surface area contributed by atoms with Crippen molar-refractivity contribution in [3.8, 4) is 0 Å². The fraction of sp³-hybridized carbons (Fsp3) is 0.444. The number of hydrogen-bond acceptors (Lipinski definition) is 4. The Morgan fingerprint density at radius 1 is 1.36 bits per heavy atom. The summed E-state index contributed by atoms with van der Waals surface area (Å²) < 4.78 is 1.89. The predicted molar refractivity (Wildman–Crippen MR) is 94.2 cm³/mol. The summed E-state index contributed by atoms with van der Waals surface area (Å²) in [6.07, 6.45) is 7.43. The fourth-order valence-electron chi connectivity index (χ4n) is 3.61. The van der Waals surface area contributed by atoms with Crippen molar-refractivity contribution >= 4 is 16.9 Å². The first-order valence-corrected chi connectivity index (χ1v) is 8.70. The molecule has 1 N–H and O–H groups in total. The van der Waals surface area contributed by atoms with E-state index in [4.69, 9.17) is 0 Å². The van der Waals surface area contributed by atoms with Crippen molar-refractivity contribution in [1.29, 1.82) is 0 Å². The molecule has 4 heterocycles. The zero-order valence-electron chi connectivity index (χ0n) is 14.7. The summed E-state index contributed by atoms with van der Waals surface area (Å²) in [5, 5.41) is 12.2. The highest BCUT2D eigenvalue weighted by atomic mass is 16.2. The van der Waals surface area contributed by atoms with Gasteiger partial charge in [-0.25, -0.2) is 9.67 Å². The number of nitrogens with zero attached hydrogens (tertiary/aromatic N) is 5. The van der Waals surface area contributed by atoms with Crippen LogP contribution in [0.2, 0.25) is 0 Å². The number of aromatic nitrogens is 5. The van der Waals surface area contributed by atoms with Crippen molar-refractivity contribution in [2.24, 2.45) is 0 Å². The lowest BCUT2D eigenvalue weighted by molar-refractivity contribution is 0.0734. The minimum atomic E-state index is 0.0351. The van der Waals surface area contributed by atoms with Crippen LogP contribution in [-0.4, -0.2) is 42.3 Å². The number of aromatic amines is 1. The molecule has 3 aromatic rings. The van der Waals surface area contributed by atoms with Gasteiger partial charge in [0.2, 0.25) is 0 Å². The standard InChI is InChI=1S/C18H22N6O/c1-11(2)24-17-13(10-21-24)7-15(12(3)22-17)18(25)23-6-4-5-16(23)14-8-19-20-9-14/h7-11,16H,4-6H2,1-3H3,(H,19,20). The van der Waals surface area contributed by atoms with Crippen molar-refractivity contribution < 1.29 is 4.79 Å². The highest BCUT2D eigenvalue weighted by Gasteiger charge is 2.32. The fourth-order valence-corrected chi connectivity index (χ4v) is 3.61. The Balaban J connectivity index is 1.71. The molecule has 0 radical (unpaired) electrons. The quantitative estimate of drug-likeness (QED) is 0.796. The molecule has 0 aromatic carbocycles. The number of pyridine rings is 1. The molecule has 0 bridgehead atoms. The van der Waals surface area contributed by atoms with E-state index in [-0.39, 0.29) is 18.0 Å². The molecule has 7 heteroatoms. The minimum absolute atomic E-state index is 0.0351. The molecule has 130 valence electrons. The van der Waals surface area contributed by atoms with Crippen LogP contribution in [0.25, 0.3) is 11.0 Å². The number of carbonyl (C=O) groups is 1. The third-order valence-electron chi connectivity index (χ3n) is 4.90. The van der Waals surface area contributed by atoms with E-state index >= 15 is 0 Å². The summed E-state index contributed by atoms with van der Waals surface area (Å²) in [6, 6.07) is 2.24. The van der Waals surface area contributed by atoms with Gasteiger partial charge < -0.3 is 4.90 Å². The van der Waals surface area contributed by atoms with Crippen LogP contribution in [0.1, 0.15) is 60.4 Å². The van der Waals surface area contributed by atoms with E-state index in [9.17, 15) is 4.79 Å². The molecular formula is C18H22N6O. The summed E-state index contributed by atoms with van der Waals surface area (Å²) >= 11 is 0. The summed E-state index contributed by atoms with van der Waals surface area (Å²) in [7, 11) is 0. The second-order valence-electron chi connectivity index (χ2n) is 6.91. The van der Waals surface area contributed by atoms with E-state index < -0.39 is 0 Å². The average molecular weight is 338 g/mol. The van der Waals surface area contributed by atoms with E-state index in [0.717, 1.165) is 41.7 Å². The van der Waals surface area contributed by atoms with Gasteiger partial charge in [0.15, 0.2) is 5.65 Å². The third-order valence-corrected chi connectivity index (χ3v) is 4.90. The van der Waals surface area contributed by atoms with E-state index in [0.29, 0.717) is 5.56 Å². The van der Waals surface area contributed by atoms with Gasteiger partial charge in [0.25, 0.3) is 5.91 Å². The first-order valence-electron chi connectivity index (χ1n) is 8.70. The van der Waals surface area contributed by atoms with Crippen molar-refractivity contribution in [3.63, 3.8) is 0 Å². The zero-order valence-corrected chi connectivity index (χ0v) is 14.7. The molecule has 1 aliphatic heterocycles. The first kappa shape index (κ1) is 15.8. The zero-order chi connectivity index (χ0) is 17.6. The number of rotatable bonds is 3. The predicted octanol–water partition coefficient (Wildman–Crippen LogP) is 3.02. The maximum absolute atomic E-state index is 13.2. The van der Waals surface area contributed by atoms with Gasteiger partial charge in [0.05, 0.1) is 29.7 Å². The number of hydrogen-bond donors (Lipinski definition) is 1. The number of carbonyl (C=O) groups excluding carboxylic acids is 1. The maximum atomic E-state index is 13.2. The largest absolute Gasteiger partial charge is 0.331 e. The molecule has 4 rings (SSSR count). The van der Waals surface area contributed by atoms with Crippen LogP contribution in [0.4, 0.5) is 0 Å². The number of likely N-dealkylation sites (tertiary alicyclic amines) is 1. The van der Waals surface area contributed by atoms with Crippen LogP contribution < -0.4 is 0 Å². The number of fused-ring (bicyclic) bond motifs is 1. The van der Waals surface area contributed by atoms with Crippen LogP contribution >= 0.6 is 0 Å². The molecule has 3 aromatic heterocycles. The Morgan fingerprint density at radius 2 is 2.20 bits per heavy atom. The van der Waals surface area contributed by atoms with Crippen molar-refractivity contribution in [2.45, 2.75) is 45.7 Å². The van der Waals surface area contributed by atoms with E-state index in [1.165, 1.54) is 0 Å². The van der Waals surface area contributed by atoms with Crippen molar-refractivity contribution in [2.75, 3.05) is 6.54 Å². The second kappa shape index (κ2) is 5.98. The summed E-state index contributed by atoms with van der Waals surface area (Å²) in [5.74, 6) is 0.0351. The molecule has 1 amide bonds. The van der Waals surface area contributed by atoms with Gasteiger partial charge in [-0.3, -0.25) is 9.89 Å². The number of nitrogens with one attached hydrogen (secondary N) is 1. The second-order valence-corrected chi connectivity index (χ2v) is 6.91. The third kappa shape index (κ3) is 2.59. The van der Waals surface area contributed by atoms with Crippen LogP contribution in [0, 0.1) is 6.92 Å². The van der Waals surface area contributed by atoms with Gasteiger partial charge in [-0.2, -0.15) is 10.2 Å². The highest BCUT2D eigenvalue weighted by Crippen LogP contribution is 2.33. The first-order chi connectivity index (χ1) is 12.1. The van der Waals surface area contributed by atoms with Crippen LogP contribution in [-0.2, 0) is 0 Å². The average Bonchev–Trinajstić information content (AvgIpc) is 3.32. The topological polar surface area (TPSA) is 79.7 Å². The van der Waals surface area contributed by atoms with E-state index in [1.807, 2.05) is 28.8 Å². The summed E-state index contributed by atoms with van der Waals surface area (Å²) in [4.78, 5) is 19.8. The molecule has 1 atom stereocenters. The van der Waals surface area contributed by atoms with Crippen LogP contribution in [0.3, 0.4) is 0 Å². The molecule has 0 saturated carbocycles. The van der Waals surface area contributed by atoms with Crippen LogP contribution in [0.5, 0.6) is 0 Å². The Kier molecular flexibility index (Phi) is 3.78. The summed E-state index contributed by atoms with van der Waals surface area (Å²) in [6.45, 7) is 6.80.